The third-order valence-corrected chi connectivity index (χ3v) is 5.99. The molecular weight excluding hydrogens is 448 g/mol. The lowest BCUT2D eigenvalue weighted by atomic mass is 10.0. The summed E-state index contributed by atoms with van der Waals surface area (Å²) >= 11 is 6.08. The van der Waals surface area contributed by atoms with E-state index in [0.717, 1.165) is 34.3 Å². The van der Waals surface area contributed by atoms with Gasteiger partial charge in [0.25, 0.3) is 5.91 Å². The third kappa shape index (κ3) is 4.30. The Morgan fingerprint density at radius 2 is 1.94 bits per heavy atom. The van der Waals surface area contributed by atoms with Crippen LogP contribution in [0, 0.1) is 6.92 Å². The van der Waals surface area contributed by atoms with Crippen molar-refractivity contribution in [3.8, 4) is 11.3 Å². The monoisotopic (exact) mass is 470 g/mol. The maximum Gasteiger partial charge on any atom is 0.257 e. The van der Waals surface area contributed by atoms with Crippen molar-refractivity contribution < 1.29 is 4.79 Å². The van der Waals surface area contributed by atoms with Crippen molar-refractivity contribution in [1.29, 1.82) is 0 Å². The molecule has 0 atom stereocenters. The second-order valence-electron chi connectivity index (χ2n) is 8.01. The van der Waals surface area contributed by atoms with E-state index in [-0.39, 0.29) is 5.91 Å². The average molecular weight is 471 g/mol. The Bertz CT molecular complexity index is 1500. The number of nitrogens with zero attached hydrogens (tertiary/aromatic N) is 5. The molecule has 5 rings (SSSR count). The lowest BCUT2D eigenvalue weighted by Crippen LogP contribution is -2.14. The van der Waals surface area contributed by atoms with E-state index < -0.39 is 0 Å². The molecule has 0 unspecified atom stereocenters. The van der Waals surface area contributed by atoms with Crippen molar-refractivity contribution in [2.45, 2.75) is 26.9 Å². The number of amides is 1. The molecule has 1 N–H and O–H groups in total. The standard InChI is InChI=1S/C26H23ClN6O/c1-3-33-17(2)22(15-28-33)24-14-21(20-9-4-5-10-23(20)29-24)26(34)30-25-11-12-32(31-25)16-18-7-6-8-19(27)13-18/h4-15H,3,16H2,1-2H3,(H,30,31,34). The van der Waals surface area contributed by atoms with E-state index in [1.54, 1.807) is 16.9 Å². The van der Waals surface area contributed by atoms with E-state index >= 15 is 0 Å². The predicted molar refractivity (Wildman–Crippen MR) is 134 cm³/mol. The molecule has 2 aromatic carbocycles. The maximum atomic E-state index is 13.3. The highest BCUT2D eigenvalue weighted by atomic mass is 35.5. The number of aryl methyl sites for hydroxylation is 1. The number of pyridine rings is 1. The first-order chi connectivity index (χ1) is 16.5. The molecule has 0 aliphatic carbocycles. The average Bonchev–Trinajstić information content (AvgIpc) is 3.43. The minimum absolute atomic E-state index is 0.242. The van der Waals surface area contributed by atoms with E-state index in [0.29, 0.717) is 28.6 Å². The zero-order valence-corrected chi connectivity index (χ0v) is 19.6. The van der Waals surface area contributed by atoms with Crippen LogP contribution < -0.4 is 5.32 Å². The van der Waals surface area contributed by atoms with Crippen LogP contribution in [0.25, 0.3) is 22.2 Å². The number of carbonyl (C=O) groups is 1. The van der Waals surface area contributed by atoms with Crippen LogP contribution in [0.4, 0.5) is 5.82 Å². The minimum atomic E-state index is -0.242. The van der Waals surface area contributed by atoms with Gasteiger partial charge >= 0.3 is 0 Å². The normalized spacial score (nSPS) is 11.1. The molecular formula is C26H23ClN6O. The largest absolute Gasteiger partial charge is 0.305 e. The van der Waals surface area contributed by atoms with Gasteiger partial charge in [0.05, 0.1) is 29.5 Å². The molecule has 0 aliphatic heterocycles. The van der Waals surface area contributed by atoms with Crippen molar-refractivity contribution >= 4 is 34.2 Å². The van der Waals surface area contributed by atoms with Crippen LogP contribution in [0.2, 0.25) is 5.02 Å². The van der Waals surface area contributed by atoms with E-state index in [1.807, 2.05) is 79.3 Å². The molecule has 0 bridgehead atoms. The molecule has 170 valence electrons. The van der Waals surface area contributed by atoms with Gasteiger partial charge in [0, 0.05) is 40.5 Å². The summed E-state index contributed by atoms with van der Waals surface area (Å²) in [5, 5.41) is 13.3. The number of rotatable bonds is 6. The zero-order chi connectivity index (χ0) is 23.7. The Kier molecular flexibility index (Phi) is 5.86. The van der Waals surface area contributed by atoms with Crippen LogP contribution in [-0.2, 0) is 13.1 Å². The summed E-state index contributed by atoms with van der Waals surface area (Å²) in [6.07, 6.45) is 3.63. The van der Waals surface area contributed by atoms with E-state index in [4.69, 9.17) is 16.6 Å². The molecule has 0 saturated carbocycles. The smallest absolute Gasteiger partial charge is 0.257 e. The summed E-state index contributed by atoms with van der Waals surface area (Å²) in [5.41, 5.74) is 4.95. The van der Waals surface area contributed by atoms with Crippen LogP contribution in [-0.4, -0.2) is 30.5 Å². The number of para-hydroxylation sites is 1. The fourth-order valence-electron chi connectivity index (χ4n) is 4.04. The van der Waals surface area contributed by atoms with Gasteiger partial charge in [-0.2, -0.15) is 10.2 Å². The second kappa shape index (κ2) is 9.11. The van der Waals surface area contributed by atoms with Crippen molar-refractivity contribution in [2.75, 3.05) is 5.32 Å². The molecule has 5 aromatic rings. The van der Waals surface area contributed by atoms with Crippen molar-refractivity contribution in [1.82, 2.24) is 24.5 Å². The van der Waals surface area contributed by atoms with Crippen molar-refractivity contribution in [3.63, 3.8) is 0 Å². The number of aromatic nitrogens is 5. The lowest BCUT2D eigenvalue weighted by molar-refractivity contribution is 0.102. The number of carbonyl (C=O) groups excluding carboxylic acids is 1. The number of hydrogen-bond donors (Lipinski definition) is 1. The van der Waals surface area contributed by atoms with Crippen LogP contribution in [0.15, 0.2) is 73.1 Å². The van der Waals surface area contributed by atoms with E-state index in [9.17, 15) is 4.79 Å². The Labute approximate surface area is 202 Å². The molecule has 34 heavy (non-hydrogen) atoms. The highest BCUT2D eigenvalue weighted by molar-refractivity contribution is 6.30. The SMILES string of the molecule is CCn1ncc(-c2cc(C(=O)Nc3ccn(Cc4cccc(Cl)c4)n3)c3ccccc3n2)c1C. The van der Waals surface area contributed by atoms with Gasteiger partial charge in [-0.15, -0.1) is 0 Å². The summed E-state index contributed by atoms with van der Waals surface area (Å²) < 4.78 is 3.68. The Balaban J connectivity index is 1.45. The van der Waals surface area contributed by atoms with Crippen LogP contribution in [0.3, 0.4) is 0 Å². The third-order valence-electron chi connectivity index (χ3n) is 5.76. The quantitative estimate of drug-likeness (QED) is 0.351. The van der Waals surface area contributed by atoms with Gasteiger partial charge in [0.1, 0.15) is 0 Å². The predicted octanol–water partition coefficient (Wildman–Crippen LogP) is 5.58. The van der Waals surface area contributed by atoms with Gasteiger partial charge in [-0.25, -0.2) is 4.98 Å². The molecule has 3 heterocycles. The summed E-state index contributed by atoms with van der Waals surface area (Å²) in [6.45, 7) is 5.38. The number of nitrogens with one attached hydrogen (secondary N) is 1. The maximum absolute atomic E-state index is 13.3. The molecule has 0 fully saturated rings. The van der Waals surface area contributed by atoms with Gasteiger partial charge in [0.15, 0.2) is 5.82 Å². The van der Waals surface area contributed by atoms with Crippen LogP contribution in [0.5, 0.6) is 0 Å². The van der Waals surface area contributed by atoms with Gasteiger partial charge in [0.2, 0.25) is 0 Å². The number of anilines is 1. The summed E-state index contributed by atoms with van der Waals surface area (Å²) in [4.78, 5) is 18.1. The van der Waals surface area contributed by atoms with Crippen molar-refractivity contribution in [3.05, 3.63) is 94.9 Å². The van der Waals surface area contributed by atoms with Crippen LogP contribution in [0.1, 0.15) is 28.5 Å². The molecule has 3 aromatic heterocycles. The highest BCUT2D eigenvalue weighted by Crippen LogP contribution is 2.27. The first-order valence-electron chi connectivity index (χ1n) is 11.0. The highest BCUT2D eigenvalue weighted by Gasteiger charge is 2.17. The van der Waals surface area contributed by atoms with Gasteiger partial charge in [-0.1, -0.05) is 41.9 Å². The molecule has 0 saturated heterocycles. The number of benzene rings is 2. The first-order valence-corrected chi connectivity index (χ1v) is 11.4. The first kappa shape index (κ1) is 21.9. The molecule has 0 aliphatic rings. The number of fused-ring (bicyclic) bond motifs is 1. The van der Waals surface area contributed by atoms with E-state index in [1.165, 1.54) is 0 Å². The van der Waals surface area contributed by atoms with Crippen LogP contribution >= 0.6 is 11.6 Å². The Morgan fingerprint density at radius 3 is 2.74 bits per heavy atom. The Morgan fingerprint density at radius 1 is 1.09 bits per heavy atom. The number of halogens is 1. The molecule has 1 amide bonds. The van der Waals surface area contributed by atoms with Gasteiger partial charge in [-0.05, 0) is 43.7 Å². The fourth-order valence-corrected chi connectivity index (χ4v) is 4.25. The number of hydrogen-bond acceptors (Lipinski definition) is 4. The molecule has 7 nitrogen and oxygen atoms in total. The Hall–Kier alpha value is -3.97. The fraction of sp³-hybridized carbons (Fsp3) is 0.154. The molecule has 8 heteroatoms. The van der Waals surface area contributed by atoms with E-state index in [2.05, 4.69) is 15.5 Å². The molecule has 0 radical (unpaired) electrons. The topological polar surface area (TPSA) is 77.6 Å². The second-order valence-corrected chi connectivity index (χ2v) is 8.45. The zero-order valence-electron chi connectivity index (χ0n) is 18.9. The van der Waals surface area contributed by atoms with Gasteiger partial charge < -0.3 is 5.32 Å². The molecule has 0 spiro atoms. The lowest BCUT2D eigenvalue weighted by Gasteiger charge is -2.10. The minimum Gasteiger partial charge on any atom is -0.305 e. The summed E-state index contributed by atoms with van der Waals surface area (Å²) in [6, 6.07) is 18.9. The van der Waals surface area contributed by atoms with Gasteiger partial charge in [-0.3, -0.25) is 14.2 Å². The van der Waals surface area contributed by atoms with Crippen molar-refractivity contribution in [2.24, 2.45) is 0 Å². The summed E-state index contributed by atoms with van der Waals surface area (Å²) in [5.74, 6) is 0.234. The summed E-state index contributed by atoms with van der Waals surface area (Å²) in [7, 11) is 0.